The summed E-state index contributed by atoms with van der Waals surface area (Å²) in [6.07, 6.45) is 3.68. The van der Waals surface area contributed by atoms with Gasteiger partial charge in [-0.05, 0) is 44.2 Å². The summed E-state index contributed by atoms with van der Waals surface area (Å²) in [7, 11) is 1.91. The molecule has 1 aromatic heterocycles. The van der Waals surface area contributed by atoms with Gasteiger partial charge in [-0.25, -0.2) is 0 Å². The summed E-state index contributed by atoms with van der Waals surface area (Å²) in [6, 6.07) is 9.80. The largest absolute Gasteiger partial charge is 0.489 e. The molecule has 0 amide bonds. The van der Waals surface area contributed by atoms with Crippen molar-refractivity contribution in [3.8, 4) is 5.75 Å². The molecule has 0 aliphatic heterocycles. The van der Waals surface area contributed by atoms with E-state index in [4.69, 9.17) is 16.3 Å². The van der Waals surface area contributed by atoms with Gasteiger partial charge in [-0.15, -0.1) is 0 Å². The molecule has 4 heteroatoms. The molecule has 0 spiro atoms. The summed E-state index contributed by atoms with van der Waals surface area (Å²) in [6.45, 7) is 3.99. The molecule has 106 valence electrons. The maximum atomic E-state index is 6.28. The Morgan fingerprint density at radius 1 is 1.20 bits per heavy atom. The molecule has 20 heavy (non-hydrogen) atoms. The molecule has 1 aromatic carbocycles. The van der Waals surface area contributed by atoms with Crippen molar-refractivity contribution in [2.45, 2.75) is 26.0 Å². The van der Waals surface area contributed by atoms with Crippen LogP contribution in [0.5, 0.6) is 5.75 Å². The molecule has 1 N–H and O–H groups in total. The minimum absolute atomic E-state index is 0.00749. The Balaban J connectivity index is 2.35. The van der Waals surface area contributed by atoms with Crippen LogP contribution in [0.3, 0.4) is 0 Å². The fourth-order valence-electron chi connectivity index (χ4n) is 2.14. The summed E-state index contributed by atoms with van der Waals surface area (Å²) in [5.74, 6) is 0.768. The monoisotopic (exact) mass is 290 g/mol. The van der Waals surface area contributed by atoms with Crippen molar-refractivity contribution in [2.24, 2.45) is 0 Å². The highest BCUT2D eigenvalue weighted by Gasteiger charge is 2.16. The average Bonchev–Trinajstić information content (AvgIpc) is 2.41. The van der Waals surface area contributed by atoms with Crippen LogP contribution in [0.2, 0.25) is 5.02 Å². The second-order valence-electron chi connectivity index (χ2n) is 4.86. The fourth-order valence-corrected chi connectivity index (χ4v) is 2.39. The lowest BCUT2D eigenvalue weighted by molar-refractivity contribution is 0.241. The van der Waals surface area contributed by atoms with Crippen LogP contribution in [0.15, 0.2) is 42.7 Å². The predicted octanol–water partition coefficient (Wildman–Crippen LogP) is 3.83. The van der Waals surface area contributed by atoms with Crippen molar-refractivity contribution in [3.05, 3.63) is 58.9 Å². The maximum Gasteiger partial charge on any atom is 0.138 e. The normalized spacial score (nSPS) is 12.4. The first-order chi connectivity index (χ1) is 9.61. The molecule has 0 aliphatic rings. The third kappa shape index (κ3) is 3.50. The highest BCUT2D eigenvalue weighted by atomic mass is 35.5. The predicted molar refractivity (Wildman–Crippen MR) is 82.4 cm³/mol. The topological polar surface area (TPSA) is 34.2 Å². The molecule has 3 nitrogen and oxygen atoms in total. The SMILES string of the molecule is CNC(c1cncc(OC(C)C)c1)c1ccccc1Cl. The van der Waals surface area contributed by atoms with Gasteiger partial charge >= 0.3 is 0 Å². The van der Waals surface area contributed by atoms with E-state index in [1.165, 1.54) is 0 Å². The summed E-state index contributed by atoms with van der Waals surface area (Å²) < 4.78 is 5.69. The van der Waals surface area contributed by atoms with E-state index in [1.807, 2.05) is 57.4 Å². The van der Waals surface area contributed by atoms with Crippen LogP contribution >= 0.6 is 11.6 Å². The van der Waals surface area contributed by atoms with Gasteiger partial charge in [0.2, 0.25) is 0 Å². The quantitative estimate of drug-likeness (QED) is 0.909. The number of hydrogen-bond acceptors (Lipinski definition) is 3. The number of aromatic nitrogens is 1. The van der Waals surface area contributed by atoms with E-state index in [9.17, 15) is 0 Å². The van der Waals surface area contributed by atoms with E-state index in [-0.39, 0.29) is 12.1 Å². The molecule has 0 bridgehead atoms. The Labute approximate surface area is 124 Å². The van der Waals surface area contributed by atoms with Crippen LogP contribution in [0.25, 0.3) is 0 Å². The molecule has 1 atom stereocenters. The highest BCUT2D eigenvalue weighted by Crippen LogP contribution is 2.29. The minimum Gasteiger partial charge on any atom is -0.489 e. The van der Waals surface area contributed by atoms with E-state index < -0.39 is 0 Å². The smallest absolute Gasteiger partial charge is 0.138 e. The number of benzene rings is 1. The Bertz CT molecular complexity index is 572. The van der Waals surface area contributed by atoms with Gasteiger partial charge < -0.3 is 10.1 Å². The molecule has 0 saturated heterocycles. The molecule has 1 unspecified atom stereocenters. The summed E-state index contributed by atoms with van der Waals surface area (Å²) in [5, 5.41) is 4.01. The Morgan fingerprint density at radius 2 is 1.95 bits per heavy atom. The van der Waals surface area contributed by atoms with Crippen molar-refractivity contribution < 1.29 is 4.74 Å². The van der Waals surface area contributed by atoms with Crippen molar-refractivity contribution in [1.29, 1.82) is 0 Å². The van der Waals surface area contributed by atoms with E-state index in [1.54, 1.807) is 6.20 Å². The fraction of sp³-hybridized carbons (Fsp3) is 0.312. The molecule has 0 aliphatic carbocycles. The average molecular weight is 291 g/mol. The first-order valence-electron chi connectivity index (χ1n) is 6.65. The minimum atomic E-state index is -0.00749. The first kappa shape index (κ1) is 14.8. The second kappa shape index (κ2) is 6.73. The molecular weight excluding hydrogens is 272 g/mol. The van der Waals surface area contributed by atoms with E-state index in [0.717, 1.165) is 21.9 Å². The van der Waals surface area contributed by atoms with Crippen LogP contribution in [0.1, 0.15) is 31.0 Å². The number of nitrogens with zero attached hydrogens (tertiary/aromatic N) is 1. The van der Waals surface area contributed by atoms with Crippen molar-refractivity contribution >= 4 is 11.6 Å². The molecule has 0 saturated carbocycles. The van der Waals surface area contributed by atoms with Crippen LogP contribution in [-0.4, -0.2) is 18.1 Å². The zero-order valence-corrected chi connectivity index (χ0v) is 12.7. The zero-order chi connectivity index (χ0) is 14.5. The Kier molecular flexibility index (Phi) is 4.99. The number of pyridine rings is 1. The third-order valence-corrected chi connectivity index (χ3v) is 3.29. The number of hydrogen-bond donors (Lipinski definition) is 1. The van der Waals surface area contributed by atoms with Gasteiger partial charge in [0.05, 0.1) is 18.3 Å². The van der Waals surface area contributed by atoms with Crippen LogP contribution in [-0.2, 0) is 0 Å². The summed E-state index contributed by atoms with van der Waals surface area (Å²) in [4.78, 5) is 4.25. The van der Waals surface area contributed by atoms with E-state index >= 15 is 0 Å². The van der Waals surface area contributed by atoms with Crippen molar-refractivity contribution in [3.63, 3.8) is 0 Å². The number of halogens is 1. The van der Waals surface area contributed by atoms with Crippen molar-refractivity contribution in [1.82, 2.24) is 10.3 Å². The number of ether oxygens (including phenoxy) is 1. The molecule has 2 rings (SSSR count). The summed E-state index contributed by atoms with van der Waals surface area (Å²) in [5.41, 5.74) is 2.05. The van der Waals surface area contributed by atoms with Crippen LogP contribution < -0.4 is 10.1 Å². The first-order valence-corrected chi connectivity index (χ1v) is 7.03. The van der Waals surface area contributed by atoms with Gasteiger partial charge in [0.15, 0.2) is 0 Å². The molecular formula is C16H19ClN2O. The van der Waals surface area contributed by atoms with E-state index in [2.05, 4.69) is 10.3 Å². The Hall–Kier alpha value is -1.58. The lowest BCUT2D eigenvalue weighted by Crippen LogP contribution is -2.18. The summed E-state index contributed by atoms with van der Waals surface area (Å²) >= 11 is 6.28. The highest BCUT2D eigenvalue weighted by molar-refractivity contribution is 6.31. The zero-order valence-electron chi connectivity index (χ0n) is 11.9. The molecule has 1 heterocycles. The lowest BCUT2D eigenvalue weighted by atomic mass is 10.0. The standard InChI is InChI=1S/C16H19ClN2O/c1-11(2)20-13-8-12(9-19-10-13)16(18-3)14-6-4-5-7-15(14)17/h4-11,16,18H,1-3H3. The van der Waals surface area contributed by atoms with Crippen LogP contribution in [0.4, 0.5) is 0 Å². The maximum absolute atomic E-state index is 6.28. The second-order valence-corrected chi connectivity index (χ2v) is 5.27. The molecule has 2 aromatic rings. The number of nitrogens with one attached hydrogen (secondary N) is 1. The van der Waals surface area contributed by atoms with Gasteiger partial charge in [-0.1, -0.05) is 29.8 Å². The Morgan fingerprint density at radius 3 is 2.60 bits per heavy atom. The number of rotatable bonds is 5. The van der Waals surface area contributed by atoms with Crippen LogP contribution in [0, 0.1) is 0 Å². The van der Waals surface area contributed by atoms with Gasteiger partial charge in [0.1, 0.15) is 5.75 Å². The van der Waals surface area contributed by atoms with Gasteiger partial charge in [0.25, 0.3) is 0 Å². The third-order valence-electron chi connectivity index (χ3n) is 2.94. The molecule has 0 radical (unpaired) electrons. The van der Waals surface area contributed by atoms with Gasteiger partial charge in [0, 0.05) is 11.2 Å². The van der Waals surface area contributed by atoms with Crippen molar-refractivity contribution in [2.75, 3.05) is 7.05 Å². The van der Waals surface area contributed by atoms with Gasteiger partial charge in [-0.2, -0.15) is 0 Å². The van der Waals surface area contributed by atoms with E-state index in [0.29, 0.717) is 0 Å². The van der Waals surface area contributed by atoms with Gasteiger partial charge in [-0.3, -0.25) is 4.98 Å². The lowest BCUT2D eigenvalue weighted by Gasteiger charge is -2.19. The molecule has 0 fully saturated rings.